The van der Waals surface area contributed by atoms with Crippen molar-refractivity contribution in [2.45, 2.75) is 0 Å². The van der Waals surface area contributed by atoms with Crippen LogP contribution in [0, 0.1) is 0 Å². The maximum Gasteiger partial charge on any atom is 0.317 e. The van der Waals surface area contributed by atoms with Crippen LogP contribution in [0.1, 0.15) is 0 Å². The van der Waals surface area contributed by atoms with Crippen molar-refractivity contribution >= 4 is 11.9 Å². The first-order valence-corrected chi connectivity index (χ1v) is 7.62. The van der Waals surface area contributed by atoms with Gasteiger partial charge in [0.2, 0.25) is 0 Å². The fourth-order valence-corrected chi connectivity index (χ4v) is 2.39. The molecule has 0 saturated carbocycles. The molecule has 0 amide bonds. The Hall–Kier alpha value is -0.701. The molecule has 1 rings (SSSR count). The number of carboxylic acid groups (broad SMARTS) is 2. The van der Waals surface area contributed by atoms with Gasteiger partial charge in [-0.05, 0) is 14.1 Å². The second-order valence-corrected chi connectivity index (χ2v) is 5.95. The Morgan fingerprint density at radius 1 is 0.696 bits per heavy atom. The number of carboxylic acids is 2. The topological polar surface area (TPSA) is 87.6 Å². The molecule has 1 aliphatic rings. The molecule has 1 aliphatic heterocycles. The predicted molar refractivity (Wildman–Crippen MR) is 83.1 cm³/mol. The van der Waals surface area contributed by atoms with E-state index in [0.29, 0.717) is 26.2 Å². The fraction of sp³-hybridized carbons (Fsp3) is 0.857. The van der Waals surface area contributed by atoms with Crippen molar-refractivity contribution in [2.75, 3.05) is 79.5 Å². The zero-order valence-corrected chi connectivity index (χ0v) is 15.1. The number of aliphatic carboxylic acids is 2. The van der Waals surface area contributed by atoms with Crippen LogP contribution in [-0.2, 0) is 26.7 Å². The van der Waals surface area contributed by atoms with Gasteiger partial charge in [0.05, 0.1) is 13.1 Å². The molecule has 0 bridgehead atoms. The average molecular weight is 371 g/mol. The van der Waals surface area contributed by atoms with E-state index in [9.17, 15) is 9.59 Å². The van der Waals surface area contributed by atoms with Crippen molar-refractivity contribution in [1.29, 1.82) is 0 Å². The van der Waals surface area contributed by atoms with Gasteiger partial charge >= 0.3 is 11.9 Å². The summed E-state index contributed by atoms with van der Waals surface area (Å²) in [6, 6.07) is 0. The van der Waals surface area contributed by atoms with Gasteiger partial charge in [0.15, 0.2) is 0 Å². The molecular weight excluding hydrogens is 343 g/mol. The van der Waals surface area contributed by atoms with E-state index in [1.165, 1.54) is 0 Å². The summed E-state index contributed by atoms with van der Waals surface area (Å²) in [4.78, 5) is 30.0. The summed E-state index contributed by atoms with van der Waals surface area (Å²) in [5.41, 5.74) is 0. The molecule has 0 unspecified atom stereocenters. The van der Waals surface area contributed by atoms with Crippen LogP contribution in [0.3, 0.4) is 0 Å². The molecule has 135 valence electrons. The second kappa shape index (κ2) is 11.8. The molecule has 9 heteroatoms. The van der Waals surface area contributed by atoms with Gasteiger partial charge in [-0.2, -0.15) is 0 Å². The molecule has 0 aliphatic carbocycles. The number of nitrogens with zero attached hydrogens (tertiary/aromatic N) is 4. The summed E-state index contributed by atoms with van der Waals surface area (Å²) in [5.74, 6) is -1.60. The molecule has 23 heavy (non-hydrogen) atoms. The minimum Gasteiger partial charge on any atom is -0.480 e. The van der Waals surface area contributed by atoms with Crippen LogP contribution in [0.15, 0.2) is 0 Å². The summed E-state index contributed by atoms with van der Waals surface area (Å²) in [5, 5.41) is 17.9. The largest absolute Gasteiger partial charge is 0.480 e. The van der Waals surface area contributed by atoms with Gasteiger partial charge in [-0.15, -0.1) is 0 Å². The van der Waals surface area contributed by atoms with Crippen molar-refractivity contribution in [1.82, 2.24) is 19.6 Å². The number of rotatable bonds is 4. The fourth-order valence-electron chi connectivity index (χ4n) is 2.39. The molecule has 1 saturated heterocycles. The first kappa shape index (κ1) is 22.3. The third-order valence-corrected chi connectivity index (χ3v) is 3.91. The average Bonchev–Trinajstić information content (AvgIpc) is 2.42. The zero-order chi connectivity index (χ0) is 16.5. The molecule has 0 spiro atoms. The first-order chi connectivity index (χ1) is 10.4. The van der Waals surface area contributed by atoms with Crippen molar-refractivity contribution < 1.29 is 36.9 Å². The normalized spacial score (nSPS) is 21.0. The van der Waals surface area contributed by atoms with Gasteiger partial charge in [-0.3, -0.25) is 19.4 Å². The molecule has 1 fully saturated rings. The summed E-state index contributed by atoms with van der Waals surface area (Å²) in [7, 11) is 3.96. The van der Waals surface area contributed by atoms with Crippen molar-refractivity contribution in [2.24, 2.45) is 0 Å². The molecule has 0 aromatic carbocycles. The molecule has 0 atom stereocenters. The molecule has 0 aromatic heterocycles. The van der Waals surface area contributed by atoms with E-state index in [1.807, 2.05) is 23.9 Å². The predicted octanol–water partition coefficient (Wildman–Crippen LogP) is -1.37. The molecule has 1 radical (unpaired) electrons. The Balaban J connectivity index is 0.00000484. The van der Waals surface area contributed by atoms with Gasteiger partial charge in [-0.1, -0.05) is 0 Å². The van der Waals surface area contributed by atoms with E-state index >= 15 is 0 Å². The van der Waals surface area contributed by atoms with Crippen molar-refractivity contribution in [3.05, 3.63) is 0 Å². The van der Waals surface area contributed by atoms with Crippen LogP contribution in [0.25, 0.3) is 0 Å². The van der Waals surface area contributed by atoms with Crippen LogP contribution >= 0.6 is 0 Å². The van der Waals surface area contributed by atoms with Gasteiger partial charge in [-0.25, -0.2) is 0 Å². The van der Waals surface area contributed by atoms with E-state index in [2.05, 4.69) is 9.80 Å². The number of hydrogen-bond donors (Lipinski definition) is 2. The van der Waals surface area contributed by atoms with Gasteiger partial charge in [0.1, 0.15) is 0 Å². The van der Waals surface area contributed by atoms with Crippen molar-refractivity contribution in [3.63, 3.8) is 0 Å². The van der Waals surface area contributed by atoms with E-state index in [0.717, 1.165) is 26.2 Å². The monoisotopic (exact) mass is 371 g/mol. The number of carbonyl (C=O) groups is 2. The van der Waals surface area contributed by atoms with Crippen LogP contribution in [0.2, 0.25) is 0 Å². The third kappa shape index (κ3) is 10.6. The molecule has 8 nitrogen and oxygen atoms in total. The van der Waals surface area contributed by atoms with Gasteiger partial charge in [0.25, 0.3) is 0 Å². The van der Waals surface area contributed by atoms with Crippen molar-refractivity contribution in [3.8, 4) is 0 Å². The standard InChI is InChI=1S/C14H28N4O4.Mn/c1-15-3-7-17(11-13(19)20)9-5-16(2)6-10-18(8-4-15)12-14(21)22;/h3-12H2,1-2H3,(H,19,20)(H,21,22);. The van der Waals surface area contributed by atoms with Crippen LogP contribution in [0.4, 0.5) is 0 Å². The minimum absolute atomic E-state index is 0. The summed E-state index contributed by atoms with van der Waals surface area (Å²) >= 11 is 0. The zero-order valence-electron chi connectivity index (χ0n) is 13.9. The Morgan fingerprint density at radius 3 is 1.17 bits per heavy atom. The summed E-state index contributed by atoms with van der Waals surface area (Å²) < 4.78 is 0. The summed E-state index contributed by atoms with van der Waals surface area (Å²) in [6.07, 6.45) is 0. The van der Waals surface area contributed by atoms with Crippen LogP contribution < -0.4 is 0 Å². The quantitative estimate of drug-likeness (QED) is 0.586. The maximum atomic E-state index is 10.9. The molecule has 0 aromatic rings. The molecule has 2 N–H and O–H groups in total. The maximum absolute atomic E-state index is 10.9. The van der Waals surface area contributed by atoms with Crippen LogP contribution in [0.5, 0.6) is 0 Å². The first-order valence-electron chi connectivity index (χ1n) is 7.62. The van der Waals surface area contributed by atoms with E-state index in [1.54, 1.807) is 0 Å². The van der Waals surface area contributed by atoms with E-state index in [4.69, 9.17) is 10.2 Å². The third-order valence-electron chi connectivity index (χ3n) is 3.91. The smallest absolute Gasteiger partial charge is 0.317 e. The molecule has 1 heterocycles. The number of likely N-dealkylation sites (N-methyl/N-ethyl adjacent to an activating group) is 2. The van der Waals surface area contributed by atoms with E-state index < -0.39 is 11.9 Å². The Bertz CT molecular complexity index is 323. The summed E-state index contributed by atoms with van der Waals surface area (Å²) in [6.45, 7) is 6.04. The second-order valence-electron chi connectivity index (χ2n) is 5.95. The Labute approximate surface area is 148 Å². The number of hydrogen-bond acceptors (Lipinski definition) is 6. The Morgan fingerprint density at radius 2 is 0.957 bits per heavy atom. The minimum atomic E-state index is -0.801. The van der Waals surface area contributed by atoms with E-state index in [-0.39, 0.29) is 30.2 Å². The van der Waals surface area contributed by atoms with Gasteiger partial charge < -0.3 is 20.0 Å². The van der Waals surface area contributed by atoms with Gasteiger partial charge in [0, 0.05) is 69.4 Å². The molecular formula is C14H28MnN4O4. The Kier molecular flexibility index (Phi) is 11.4. The van der Waals surface area contributed by atoms with Crippen LogP contribution in [-0.4, -0.2) is 121 Å². The SMILES string of the molecule is CN1CCN(CC(=O)O)CCN(C)CCN(CC(=O)O)CC1.[Mn].